The van der Waals surface area contributed by atoms with Crippen LogP contribution in [0.25, 0.3) is 0 Å². The van der Waals surface area contributed by atoms with E-state index in [2.05, 4.69) is 5.32 Å². The lowest BCUT2D eigenvalue weighted by Crippen LogP contribution is -2.27. The number of ether oxygens (including phenoxy) is 1. The Morgan fingerprint density at radius 3 is 2.83 bits per heavy atom. The quantitative estimate of drug-likeness (QED) is 0.818. The topological polar surface area (TPSA) is 38.3 Å². The lowest BCUT2D eigenvalue weighted by molar-refractivity contribution is 0.0952. The van der Waals surface area contributed by atoms with Crippen molar-refractivity contribution in [3.63, 3.8) is 0 Å². The number of benzene rings is 1. The first-order chi connectivity index (χ1) is 8.56. The molecule has 100 valence electrons. The number of methoxy groups -OCH3 is 1. The van der Waals surface area contributed by atoms with Gasteiger partial charge < -0.3 is 10.1 Å². The number of halogens is 3. The molecule has 1 aromatic carbocycles. The summed E-state index contributed by atoms with van der Waals surface area (Å²) in [6, 6.07) is 4.93. The van der Waals surface area contributed by atoms with E-state index in [-0.39, 0.29) is 16.3 Å². The highest BCUT2D eigenvalue weighted by Gasteiger charge is 2.12. The molecule has 0 spiro atoms. The Hall–Kier alpha value is -0.480. The fourth-order valence-corrected chi connectivity index (χ4v) is 2.00. The molecule has 0 aliphatic carbocycles. The van der Waals surface area contributed by atoms with Crippen molar-refractivity contribution in [3.8, 4) is 0 Å². The van der Waals surface area contributed by atoms with Gasteiger partial charge in [0, 0.05) is 13.7 Å². The van der Waals surface area contributed by atoms with Crippen molar-refractivity contribution in [1.82, 2.24) is 5.32 Å². The second-order valence-corrected chi connectivity index (χ2v) is 5.10. The van der Waals surface area contributed by atoms with Crippen LogP contribution in [0.15, 0.2) is 18.2 Å². The van der Waals surface area contributed by atoms with E-state index in [1.807, 2.05) is 0 Å². The van der Waals surface area contributed by atoms with Gasteiger partial charge in [-0.2, -0.15) is 0 Å². The number of amides is 1. The zero-order chi connectivity index (χ0) is 13.5. The van der Waals surface area contributed by atoms with Crippen molar-refractivity contribution in [3.05, 3.63) is 33.8 Å². The number of nitrogens with one attached hydrogen (secondary N) is 1. The number of hydrogen-bond donors (Lipinski definition) is 1. The first-order valence-corrected chi connectivity index (χ1v) is 6.60. The van der Waals surface area contributed by atoms with Gasteiger partial charge in [0.25, 0.3) is 5.91 Å². The van der Waals surface area contributed by atoms with Gasteiger partial charge in [-0.05, 0) is 18.6 Å². The number of hydrogen-bond acceptors (Lipinski definition) is 2. The molecule has 0 radical (unpaired) electrons. The molecular formula is C12H14Cl3NO2. The van der Waals surface area contributed by atoms with Gasteiger partial charge >= 0.3 is 0 Å². The van der Waals surface area contributed by atoms with Crippen molar-refractivity contribution in [2.45, 2.75) is 11.8 Å². The second-order valence-electron chi connectivity index (χ2n) is 3.70. The molecule has 6 heteroatoms. The fourth-order valence-electron chi connectivity index (χ4n) is 1.38. The third-order valence-corrected chi connectivity index (χ3v) is 3.45. The van der Waals surface area contributed by atoms with E-state index in [1.54, 1.807) is 25.3 Å². The molecule has 0 saturated heterocycles. The molecule has 3 nitrogen and oxygen atoms in total. The van der Waals surface area contributed by atoms with Crippen LogP contribution in [0.1, 0.15) is 16.8 Å². The lowest BCUT2D eigenvalue weighted by atomic mass is 10.2. The predicted octanol–water partition coefficient (Wildman–Crippen LogP) is 3.37. The fraction of sp³-hybridized carbons (Fsp3) is 0.417. The first kappa shape index (κ1) is 15.6. The number of rotatable bonds is 6. The van der Waals surface area contributed by atoms with Gasteiger partial charge in [0.15, 0.2) is 0 Å². The summed E-state index contributed by atoms with van der Waals surface area (Å²) in [4.78, 5) is 11.8. The molecule has 1 N–H and O–H groups in total. The van der Waals surface area contributed by atoms with E-state index in [4.69, 9.17) is 39.5 Å². The van der Waals surface area contributed by atoms with Gasteiger partial charge in [-0.25, -0.2) is 0 Å². The molecule has 1 unspecified atom stereocenters. The maximum atomic E-state index is 11.8. The van der Waals surface area contributed by atoms with Gasteiger partial charge in [0.05, 0.1) is 27.6 Å². The minimum Gasteiger partial charge on any atom is -0.383 e. The SMILES string of the molecule is COCC(Cl)CCNC(=O)c1cccc(Cl)c1Cl. The zero-order valence-corrected chi connectivity index (χ0v) is 12.1. The van der Waals surface area contributed by atoms with Gasteiger partial charge in [0.1, 0.15) is 0 Å². The van der Waals surface area contributed by atoms with E-state index < -0.39 is 0 Å². The van der Waals surface area contributed by atoms with Gasteiger partial charge in [0.2, 0.25) is 0 Å². The maximum absolute atomic E-state index is 11.8. The normalized spacial score (nSPS) is 12.2. The molecule has 0 saturated carbocycles. The molecule has 0 aliphatic rings. The van der Waals surface area contributed by atoms with Crippen LogP contribution in [0.5, 0.6) is 0 Å². The summed E-state index contributed by atoms with van der Waals surface area (Å²) in [6.07, 6.45) is 0.624. The van der Waals surface area contributed by atoms with E-state index in [0.29, 0.717) is 30.2 Å². The number of carbonyl (C=O) groups is 1. The predicted molar refractivity (Wildman–Crippen MR) is 74.9 cm³/mol. The monoisotopic (exact) mass is 309 g/mol. The van der Waals surface area contributed by atoms with Crippen LogP contribution in [-0.2, 0) is 4.74 Å². The third kappa shape index (κ3) is 4.65. The van der Waals surface area contributed by atoms with Crippen LogP contribution in [0, 0.1) is 0 Å². The van der Waals surface area contributed by atoms with Gasteiger partial charge in [-0.3, -0.25) is 4.79 Å². The lowest BCUT2D eigenvalue weighted by Gasteiger charge is -2.10. The van der Waals surface area contributed by atoms with E-state index in [9.17, 15) is 4.79 Å². The molecule has 1 aromatic rings. The minimum atomic E-state index is -0.260. The number of alkyl halides is 1. The molecular weight excluding hydrogens is 296 g/mol. The van der Waals surface area contributed by atoms with Crippen LogP contribution in [-0.4, -0.2) is 31.5 Å². The molecule has 1 rings (SSSR count). The van der Waals surface area contributed by atoms with Gasteiger partial charge in [-0.15, -0.1) is 11.6 Å². The average Bonchev–Trinajstić information content (AvgIpc) is 2.33. The third-order valence-electron chi connectivity index (χ3n) is 2.29. The summed E-state index contributed by atoms with van der Waals surface area (Å²) in [7, 11) is 1.58. The molecule has 0 heterocycles. The smallest absolute Gasteiger partial charge is 0.252 e. The van der Waals surface area contributed by atoms with Crippen molar-refractivity contribution in [2.75, 3.05) is 20.3 Å². The van der Waals surface area contributed by atoms with Crippen molar-refractivity contribution >= 4 is 40.7 Å². The van der Waals surface area contributed by atoms with E-state index in [1.165, 1.54) is 0 Å². The molecule has 0 aliphatic heterocycles. The molecule has 1 atom stereocenters. The second kappa shape index (κ2) is 7.85. The summed E-state index contributed by atoms with van der Waals surface area (Å²) in [5.74, 6) is -0.260. The molecule has 0 fully saturated rings. The van der Waals surface area contributed by atoms with Crippen LogP contribution in [0.3, 0.4) is 0 Å². The summed E-state index contributed by atoms with van der Waals surface area (Å²) in [6.45, 7) is 0.911. The summed E-state index contributed by atoms with van der Waals surface area (Å²) in [5, 5.41) is 3.23. The highest BCUT2D eigenvalue weighted by molar-refractivity contribution is 6.43. The Morgan fingerprint density at radius 1 is 1.44 bits per heavy atom. The van der Waals surface area contributed by atoms with Crippen LogP contribution in [0.2, 0.25) is 10.0 Å². The Morgan fingerprint density at radius 2 is 2.17 bits per heavy atom. The van der Waals surface area contributed by atoms with Crippen LogP contribution >= 0.6 is 34.8 Å². The Kier molecular flexibility index (Phi) is 6.79. The average molecular weight is 311 g/mol. The van der Waals surface area contributed by atoms with Crippen molar-refractivity contribution in [1.29, 1.82) is 0 Å². The Bertz CT molecular complexity index is 412. The molecule has 0 aromatic heterocycles. The highest BCUT2D eigenvalue weighted by Crippen LogP contribution is 2.25. The highest BCUT2D eigenvalue weighted by atomic mass is 35.5. The van der Waals surface area contributed by atoms with Crippen molar-refractivity contribution < 1.29 is 9.53 Å². The first-order valence-electron chi connectivity index (χ1n) is 5.41. The summed E-state index contributed by atoms with van der Waals surface area (Å²) in [5.41, 5.74) is 0.363. The van der Waals surface area contributed by atoms with E-state index in [0.717, 1.165) is 0 Å². The minimum absolute atomic E-state index is 0.120. The standard InChI is InChI=1S/C12H14Cl3NO2/c1-18-7-8(13)5-6-16-12(17)9-3-2-4-10(14)11(9)15/h2-4,8H,5-7H2,1H3,(H,16,17). The van der Waals surface area contributed by atoms with Gasteiger partial charge in [-0.1, -0.05) is 29.3 Å². The van der Waals surface area contributed by atoms with Crippen LogP contribution < -0.4 is 5.32 Å². The molecule has 0 bridgehead atoms. The Balaban J connectivity index is 2.48. The maximum Gasteiger partial charge on any atom is 0.252 e. The number of carbonyl (C=O) groups excluding carboxylic acids is 1. The van der Waals surface area contributed by atoms with Crippen LogP contribution in [0.4, 0.5) is 0 Å². The summed E-state index contributed by atoms with van der Waals surface area (Å²) < 4.78 is 4.90. The van der Waals surface area contributed by atoms with E-state index >= 15 is 0 Å². The Labute approximate surface area is 121 Å². The largest absolute Gasteiger partial charge is 0.383 e. The summed E-state index contributed by atoms with van der Waals surface area (Å²) >= 11 is 17.7. The zero-order valence-electron chi connectivity index (χ0n) is 9.88. The van der Waals surface area contributed by atoms with Crippen molar-refractivity contribution in [2.24, 2.45) is 0 Å². The molecule has 18 heavy (non-hydrogen) atoms. The molecule has 1 amide bonds.